The van der Waals surface area contributed by atoms with E-state index in [1.54, 1.807) is 0 Å². The quantitative estimate of drug-likeness (QED) is 0.932. The molecule has 2 unspecified atom stereocenters. The van der Waals surface area contributed by atoms with E-state index in [0.29, 0.717) is 17.1 Å². The number of likely N-dealkylation sites (tertiary alicyclic amines) is 1. The van der Waals surface area contributed by atoms with E-state index in [-0.39, 0.29) is 18.0 Å². The van der Waals surface area contributed by atoms with Crippen LogP contribution in [0.4, 0.5) is 10.1 Å². The molecule has 2 aliphatic rings. The lowest BCUT2D eigenvalue weighted by Gasteiger charge is -2.36. The van der Waals surface area contributed by atoms with Gasteiger partial charge in [-0.25, -0.2) is 4.39 Å². The van der Waals surface area contributed by atoms with E-state index in [0.717, 1.165) is 38.6 Å². The van der Waals surface area contributed by atoms with E-state index >= 15 is 0 Å². The Labute approximate surface area is 128 Å². The van der Waals surface area contributed by atoms with Crippen molar-refractivity contribution in [2.24, 2.45) is 0 Å². The number of pyridine rings is 1. The summed E-state index contributed by atoms with van der Waals surface area (Å²) in [6.07, 6.45) is 8.13. The molecule has 1 N–H and O–H groups in total. The van der Waals surface area contributed by atoms with Gasteiger partial charge in [0.05, 0.1) is 16.9 Å². The van der Waals surface area contributed by atoms with Crippen LogP contribution >= 0.6 is 11.6 Å². The lowest BCUT2D eigenvalue weighted by atomic mass is 9.90. The summed E-state index contributed by atoms with van der Waals surface area (Å²) in [4.78, 5) is 17.6. The minimum atomic E-state index is -0.429. The van der Waals surface area contributed by atoms with Gasteiger partial charge in [-0.3, -0.25) is 9.78 Å². The van der Waals surface area contributed by atoms with Crippen LogP contribution in [0.25, 0.3) is 0 Å². The lowest BCUT2D eigenvalue weighted by molar-refractivity contribution is -0.130. The van der Waals surface area contributed by atoms with Crippen molar-refractivity contribution in [3.8, 4) is 0 Å². The van der Waals surface area contributed by atoms with Crippen molar-refractivity contribution in [3.63, 3.8) is 0 Å². The highest BCUT2D eigenvalue weighted by Crippen LogP contribution is 2.31. The fourth-order valence-corrected chi connectivity index (χ4v) is 3.59. The van der Waals surface area contributed by atoms with Crippen LogP contribution in [0.15, 0.2) is 12.4 Å². The summed E-state index contributed by atoms with van der Waals surface area (Å²) in [6, 6.07) is 0.418. The molecule has 2 atom stereocenters. The van der Waals surface area contributed by atoms with E-state index in [4.69, 9.17) is 11.6 Å². The zero-order valence-electron chi connectivity index (χ0n) is 11.8. The molecule has 1 amide bonds. The summed E-state index contributed by atoms with van der Waals surface area (Å²) in [6.45, 7) is 0.862. The topological polar surface area (TPSA) is 45.2 Å². The predicted molar refractivity (Wildman–Crippen MR) is 79.8 cm³/mol. The number of hydrogen-bond donors (Lipinski definition) is 1. The number of rotatable bonds is 3. The third kappa shape index (κ3) is 3.12. The average Bonchev–Trinajstić information content (AvgIpc) is 2.90. The Morgan fingerprint density at radius 2 is 2.19 bits per heavy atom. The maximum atomic E-state index is 13.8. The van der Waals surface area contributed by atoms with E-state index in [2.05, 4.69) is 10.3 Å². The third-order valence-electron chi connectivity index (χ3n) is 4.40. The predicted octanol–water partition coefficient (Wildman–Crippen LogP) is 3.22. The molecule has 6 heteroatoms. The fraction of sp³-hybridized carbons (Fsp3) is 0.600. The normalized spacial score (nSPS) is 26.2. The van der Waals surface area contributed by atoms with Crippen LogP contribution in [0.2, 0.25) is 5.02 Å². The van der Waals surface area contributed by atoms with Gasteiger partial charge in [-0.05, 0) is 32.1 Å². The number of amides is 1. The minimum Gasteiger partial charge on any atom is -0.379 e. The number of nitrogens with zero attached hydrogens (tertiary/aromatic N) is 2. The molecule has 0 aromatic carbocycles. The highest BCUT2D eigenvalue weighted by Gasteiger charge is 2.32. The Morgan fingerprint density at radius 3 is 2.90 bits per heavy atom. The molecule has 2 fully saturated rings. The molecule has 4 nitrogen and oxygen atoms in total. The monoisotopic (exact) mass is 311 g/mol. The smallest absolute Gasteiger partial charge is 0.222 e. The first-order chi connectivity index (χ1) is 10.1. The number of carbonyl (C=O) groups is 1. The van der Waals surface area contributed by atoms with E-state index in [9.17, 15) is 9.18 Å². The Hall–Kier alpha value is -1.36. The van der Waals surface area contributed by atoms with Gasteiger partial charge >= 0.3 is 0 Å². The van der Waals surface area contributed by atoms with Crippen LogP contribution in [0.3, 0.4) is 0 Å². The summed E-state index contributed by atoms with van der Waals surface area (Å²) < 4.78 is 13.8. The van der Waals surface area contributed by atoms with Gasteiger partial charge in [0.2, 0.25) is 5.91 Å². The average molecular weight is 312 g/mol. The Morgan fingerprint density at radius 1 is 1.33 bits per heavy atom. The zero-order chi connectivity index (χ0) is 14.8. The summed E-state index contributed by atoms with van der Waals surface area (Å²) >= 11 is 6.01. The van der Waals surface area contributed by atoms with Gasteiger partial charge in [-0.1, -0.05) is 11.6 Å². The van der Waals surface area contributed by atoms with Gasteiger partial charge < -0.3 is 10.2 Å². The lowest BCUT2D eigenvalue weighted by Crippen LogP contribution is -2.42. The van der Waals surface area contributed by atoms with E-state index in [1.807, 2.05) is 4.90 Å². The van der Waals surface area contributed by atoms with Crippen molar-refractivity contribution in [1.82, 2.24) is 9.88 Å². The molecule has 21 heavy (non-hydrogen) atoms. The largest absolute Gasteiger partial charge is 0.379 e. The highest BCUT2D eigenvalue weighted by atomic mass is 35.5. The first-order valence-corrected chi connectivity index (χ1v) is 7.88. The molecule has 1 saturated carbocycles. The standard InChI is InChI=1S/C15H19ClFN3O/c16-12-8-18-9-13(17)15(12)19-10-3-1-4-11(7-10)20-6-2-5-14(20)21/h8-11H,1-7H2,(H,18,19). The number of anilines is 1. The number of hydrogen-bond acceptors (Lipinski definition) is 3. The fourth-order valence-electron chi connectivity index (χ4n) is 3.39. The van der Waals surface area contributed by atoms with Crippen molar-refractivity contribution in [2.45, 2.75) is 50.6 Å². The van der Waals surface area contributed by atoms with Crippen molar-refractivity contribution in [1.29, 1.82) is 0 Å². The van der Waals surface area contributed by atoms with Gasteiger partial charge in [0, 0.05) is 31.2 Å². The summed E-state index contributed by atoms with van der Waals surface area (Å²) in [5.41, 5.74) is 0.324. The second kappa shape index (κ2) is 6.18. The third-order valence-corrected chi connectivity index (χ3v) is 4.69. The van der Waals surface area contributed by atoms with Gasteiger partial charge in [0.1, 0.15) is 0 Å². The minimum absolute atomic E-state index is 0.145. The van der Waals surface area contributed by atoms with Crippen molar-refractivity contribution < 1.29 is 9.18 Å². The van der Waals surface area contributed by atoms with Crippen LogP contribution in [0.5, 0.6) is 0 Å². The molecule has 0 spiro atoms. The SMILES string of the molecule is O=C1CCCN1C1CCCC(Nc2c(F)cncc2Cl)C1. The molecular weight excluding hydrogens is 293 g/mol. The van der Waals surface area contributed by atoms with Gasteiger partial charge in [0.25, 0.3) is 0 Å². The first kappa shape index (κ1) is 14.6. The molecule has 2 heterocycles. The van der Waals surface area contributed by atoms with Gasteiger partial charge in [0.15, 0.2) is 5.82 Å². The second-order valence-electron chi connectivity index (χ2n) is 5.83. The Kier molecular flexibility index (Phi) is 4.29. The van der Waals surface area contributed by atoms with Crippen LogP contribution in [-0.2, 0) is 4.79 Å². The van der Waals surface area contributed by atoms with Crippen LogP contribution in [-0.4, -0.2) is 34.4 Å². The summed E-state index contributed by atoms with van der Waals surface area (Å²) in [7, 11) is 0. The molecular formula is C15H19ClFN3O. The van der Waals surface area contributed by atoms with Gasteiger partial charge in [-0.2, -0.15) is 0 Å². The number of halogens is 2. The van der Waals surface area contributed by atoms with E-state index < -0.39 is 5.82 Å². The Bertz CT molecular complexity index is 519. The van der Waals surface area contributed by atoms with E-state index in [1.165, 1.54) is 12.4 Å². The first-order valence-electron chi connectivity index (χ1n) is 7.50. The van der Waals surface area contributed by atoms with Crippen molar-refractivity contribution >= 4 is 23.2 Å². The zero-order valence-corrected chi connectivity index (χ0v) is 12.6. The Balaban J connectivity index is 1.67. The number of carbonyl (C=O) groups excluding carboxylic acids is 1. The molecule has 0 bridgehead atoms. The van der Waals surface area contributed by atoms with Crippen LogP contribution in [0.1, 0.15) is 38.5 Å². The second-order valence-corrected chi connectivity index (χ2v) is 6.24. The molecule has 1 saturated heterocycles. The molecule has 114 valence electrons. The molecule has 1 aliphatic heterocycles. The number of aromatic nitrogens is 1. The maximum Gasteiger partial charge on any atom is 0.222 e. The van der Waals surface area contributed by atoms with Crippen molar-refractivity contribution in [2.75, 3.05) is 11.9 Å². The molecule has 1 aromatic heterocycles. The molecule has 3 rings (SSSR count). The molecule has 1 aliphatic carbocycles. The highest BCUT2D eigenvalue weighted by molar-refractivity contribution is 6.33. The molecule has 0 radical (unpaired) electrons. The van der Waals surface area contributed by atoms with Crippen molar-refractivity contribution in [3.05, 3.63) is 23.2 Å². The van der Waals surface area contributed by atoms with Crippen LogP contribution < -0.4 is 5.32 Å². The van der Waals surface area contributed by atoms with Crippen LogP contribution in [0, 0.1) is 5.82 Å². The summed E-state index contributed by atoms with van der Waals surface area (Å²) in [5, 5.41) is 3.50. The number of nitrogens with one attached hydrogen (secondary N) is 1. The molecule has 1 aromatic rings. The summed E-state index contributed by atoms with van der Waals surface area (Å²) in [5.74, 6) is -0.171. The van der Waals surface area contributed by atoms with Gasteiger partial charge in [-0.15, -0.1) is 0 Å². The maximum absolute atomic E-state index is 13.8.